The molecule has 0 spiro atoms. The minimum absolute atomic E-state index is 0.0429. The molecule has 0 N–H and O–H groups in total. The summed E-state index contributed by atoms with van der Waals surface area (Å²) in [7, 11) is 1.96. The van der Waals surface area contributed by atoms with E-state index in [0.29, 0.717) is 13.0 Å². The van der Waals surface area contributed by atoms with E-state index in [1.54, 1.807) is 0 Å². The van der Waals surface area contributed by atoms with Crippen LogP contribution in [0.2, 0.25) is 0 Å². The number of aromatic nitrogens is 2. The third-order valence-electron chi connectivity index (χ3n) is 6.33. The molecule has 8 heteroatoms. The molecule has 0 saturated carbocycles. The minimum Gasteiger partial charge on any atom is -0.486 e. The summed E-state index contributed by atoms with van der Waals surface area (Å²) < 4.78 is 13.9. The number of rotatable bonds is 4. The van der Waals surface area contributed by atoms with Crippen molar-refractivity contribution in [3.8, 4) is 11.5 Å². The first-order chi connectivity index (χ1) is 15.6. The topological polar surface area (TPSA) is 63.1 Å². The van der Waals surface area contributed by atoms with Crippen molar-refractivity contribution in [1.82, 2.24) is 14.7 Å². The summed E-state index contributed by atoms with van der Waals surface area (Å²) in [4.78, 5) is 19.0. The highest BCUT2D eigenvalue weighted by atomic mass is 16.6. The van der Waals surface area contributed by atoms with Crippen LogP contribution in [-0.4, -0.2) is 72.6 Å². The molecule has 1 aromatic carbocycles. The van der Waals surface area contributed by atoms with Crippen LogP contribution < -0.4 is 19.3 Å². The number of anilines is 2. The summed E-state index contributed by atoms with van der Waals surface area (Å²) in [5.74, 6) is 2.81. The Bertz CT molecular complexity index is 936. The first kappa shape index (κ1) is 22.5. The molecule has 2 fully saturated rings. The minimum atomic E-state index is 0.0429. The maximum atomic E-state index is 12.4. The van der Waals surface area contributed by atoms with E-state index < -0.39 is 0 Å². The predicted octanol–water partition coefficient (Wildman–Crippen LogP) is 2.84. The fraction of sp³-hybridized carbons (Fsp3) is 0.583. The quantitative estimate of drug-likeness (QED) is 0.727. The fourth-order valence-corrected chi connectivity index (χ4v) is 4.58. The average molecular weight is 442 g/mol. The third-order valence-corrected chi connectivity index (χ3v) is 6.33. The second-order valence-electron chi connectivity index (χ2n) is 8.32. The average Bonchev–Trinajstić information content (AvgIpc) is 3.37. The van der Waals surface area contributed by atoms with Crippen molar-refractivity contribution in [2.45, 2.75) is 39.7 Å². The summed E-state index contributed by atoms with van der Waals surface area (Å²) in [5, 5.41) is 4.76. The van der Waals surface area contributed by atoms with Crippen molar-refractivity contribution in [2.24, 2.45) is 7.05 Å². The van der Waals surface area contributed by atoms with E-state index in [9.17, 15) is 4.79 Å². The monoisotopic (exact) mass is 441 g/mol. The van der Waals surface area contributed by atoms with Gasteiger partial charge in [0.25, 0.3) is 0 Å². The Balaban J connectivity index is 0.00000119. The third kappa shape index (κ3) is 4.41. The fourth-order valence-electron chi connectivity index (χ4n) is 4.58. The van der Waals surface area contributed by atoms with Gasteiger partial charge in [0.1, 0.15) is 18.4 Å². The number of carbonyl (C=O) groups excluding carboxylic acids is 1. The highest BCUT2D eigenvalue weighted by Gasteiger charge is 2.32. The molecule has 3 aliphatic heterocycles. The molecular formula is C24H35N5O3. The van der Waals surface area contributed by atoms with Gasteiger partial charge in [-0.05, 0) is 25.5 Å². The molecule has 174 valence electrons. The van der Waals surface area contributed by atoms with Crippen LogP contribution in [0.3, 0.4) is 0 Å². The van der Waals surface area contributed by atoms with Gasteiger partial charge in [-0.3, -0.25) is 14.4 Å². The maximum absolute atomic E-state index is 12.4. The molecule has 0 unspecified atom stereocenters. The number of fused-ring (bicyclic) bond motifs is 1. The molecule has 1 amide bonds. The van der Waals surface area contributed by atoms with Crippen LogP contribution in [0.1, 0.15) is 32.4 Å². The van der Waals surface area contributed by atoms with E-state index in [-0.39, 0.29) is 12.0 Å². The molecule has 0 radical (unpaired) electrons. The lowest BCUT2D eigenvalue weighted by Crippen LogP contribution is -2.51. The Kier molecular flexibility index (Phi) is 6.89. The number of aryl methyl sites for hydroxylation is 1. The van der Waals surface area contributed by atoms with Crippen LogP contribution in [0.25, 0.3) is 0 Å². The molecule has 4 heterocycles. The smallest absolute Gasteiger partial charge is 0.227 e. The highest BCUT2D eigenvalue weighted by molar-refractivity contribution is 5.98. The number of hydrogen-bond donors (Lipinski definition) is 0. The zero-order valence-electron chi connectivity index (χ0n) is 19.7. The first-order valence-electron chi connectivity index (χ1n) is 11.8. The van der Waals surface area contributed by atoms with Gasteiger partial charge in [-0.2, -0.15) is 5.10 Å². The second kappa shape index (κ2) is 9.81. The molecule has 32 heavy (non-hydrogen) atoms. The van der Waals surface area contributed by atoms with Gasteiger partial charge >= 0.3 is 0 Å². The molecule has 3 aliphatic rings. The van der Waals surface area contributed by atoms with Gasteiger partial charge in [0.15, 0.2) is 17.3 Å². The standard InChI is InChI=1S/C22H29N5O3.C2H6/c1-16-21(27-9-5-8-20(27)28)22(23-24(16)2)26-12-10-25(11-13-26)14-17-15-29-18-6-3-4-7-19(18)30-17;1-2/h3-4,6-7,17H,5,8-15H2,1-2H3;1-2H3/t17-;/m0./s1. The first-order valence-corrected chi connectivity index (χ1v) is 11.8. The number of benzene rings is 1. The molecule has 0 bridgehead atoms. The van der Waals surface area contributed by atoms with E-state index in [1.807, 2.05) is 61.7 Å². The summed E-state index contributed by atoms with van der Waals surface area (Å²) in [6, 6.07) is 7.85. The molecule has 8 nitrogen and oxygen atoms in total. The van der Waals surface area contributed by atoms with Crippen LogP contribution in [0.15, 0.2) is 24.3 Å². The van der Waals surface area contributed by atoms with E-state index in [2.05, 4.69) is 9.80 Å². The highest BCUT2D eigenvalue weighted by Crippen LogP contribution is 2.35. The molecule has 1 atom stereocenters. The van der Waals surface area contributed by atoms with Crippen molar-refractivity contribution in [3.05, 3.63) is 30.0 Å². The Morgan fingerprint density at radius 3 is 2.47 bits per heavy atom. The Morgan fingerprint density at radius 2 is 1.78 bits per heavy atom. The van der Waals surface area contributed by atoms with E-state index in [0.717, 1.165) is 74.4 Å². The van der Waals surface area contributed by atoms with Crippen LogP contribution in [0, 0.1) is 6.92 Å². The Hall–Kier alpha value is -2.74. The molecule has 5 rings (SSSR count). The molecular weight excluding hydrogens is 406 g/mol. The van der Waals surface area contributed by atoms with Crippen LogP contribution in [0.4, 0.5) is 11.5 Å². The summed E-state index contributed by atoms with van der Waals surface area (Å²) in [6.45, 7) is 11.9. The van der Waals surface area contributed by atoms with E-state index in [1.165, 1.54) is 0 Å². The largest absolute Gasteiger partial charge is 0.486 e. The predicted molar refractivity (Wildman–Crippen MR) is 126 cm³/mol. The van der Waals surface area contributed by atoms with Gasteiger partial charge in [0.2, 0.25) is 5.91 Å². The molecule has 2 aromatic rings. The number of para-hydroxylation sites is 2. The zero-order valence-corrected chi connectivity index (χ0v) is 19.7. The van der Waals surface area contributed by atoms with Gasteiger partial charge in [-0.25, -0.2) is 0 Å². The van der Waals surface area contributed by atoms with Gasteiger partial charge in [0, 0.05) is 52.7 Å². The van der Waals surface area contributed by atoms with Crippen LogP contribution in [-0.2, 0) is 11.8 Å². The van der Waals surface area contributed by atoms with Crippen molar-refractivity contribution in [2.75, 3.05) is 55.7 Å². The number of nitrogens with zero attached hydrogens (tertiary/aromatic N) is 5. The van der Waals surface area contributed by atoms with Gasteiger partial charge in [0.05, 0.1) is 5.69 Å². The lowest BCUT2D eigenvalue weighted by Gasteiger charge is -2.38. The second-order valence-corrected chi connectivity index (χ2v) is 8.32. The van der Waals surface area contributed by atoms with Crippen molar-refractivity contribution < 1.29 is 14.3 Å². The van der Waals surface area contributed by atoms with Crippen LogP contribution >= 0.6 is 0 Å². The van der Waals surface area contributed by atoms with Crippen molar-refractivity contribution in [3.63, 3.8) is 0 Å². The number of hydrogen-bond acceptors (Lipinski definition) is 6. The molecule has 2 saturated heterocycles. The molecule has 1 aromatic heterocycles. The SMILES string of the molecule is CC.Cc1c(N2CCCC2=O)c(N2CCN(C[C@H]3COc4ccccc4O3)CC2)nn1C. The lowest BCUT2D eigenvalue weighted by atomic mass is 10.2. The summed E-state index contributed by atoms with van der Waals surface area (Å²) in [5.41, 5.74) is 2.04. The van der Waals surface area contributed by atoms with Crippen LogP contribution in [0.5, 0.6) is 11.5 Å². The summed E-state index contributed by atoms with van der Waals surface area (Å²) in [6.07, 6.45) is 1.60. The summed E-state index contributed by atoms with van der Waals surface area (Å²) >= 11 is 0. The number of amides is 1. The lowest BCUT2D eigenvalue weighted by molar-refractivity contribution is -0.117. The van der Waals surface area contributed by atoms with E-state index in [4.69, 9.17) is 14.6 Å². The number of ether oxygens (including phenoxy) is 2. The van der Waals surface area contributed by atoms with Crippen molar-refractivity contribution >= 4 is 17.4 Å². The Labute approximate surface area is 190 Å². The zero-order chi connectivity index (χ0) is 22.7. The van der Waals surface area contributed by atoms with Crippen molar-refractivity contribution in [1.29, 1.82) is 0 Å². The van der Waals surface area contributed by atoms with Gasteiger partial charge in [-0.1, -0.05) is 26.0 Å². The number of piperazine rings is 1. The van der Waals surface area contributed by atoms with Gasteiger partial charge in [-0.15, -0.1) is 0 Å². The number of carbonyl (C=O) groups is 1. The van der Waals surface area contributed by atoms with Gasteiger partial charge < -0.3 is 19.3 Å². The normalized spacial score (nSPS) is 20.9. The molecule has 0 aliphatic carbocycles. The van der Waals surface area contributed by atoms with E-state index >= 15 is 0 Å². The maximum Gasteiger partial charge on any atom is 0.227 e. The Morgan fingerprint density at radius 1 is 1.06 bits per heavy atom.